The molecule has 0 unspecified atom stereocenters. The smallest absolute Gasteiger partial charge is 0.485 e. The molecule has 0 aromatic heterocycles. The summed E-state index contributed by atoms with van der Waals surface area (Å²) in [6.07, 6.45) is 0. The first kappa shape index (κ1) is 18.9. The molecule has 0 aliphatic carbocycles. The third-order valence-electron chi connectivity index (χ3n) is 2.98. The SMILES string of the molecule is CC(C)(O)C(C)(C)Oc1cccc(CN)c1.OB(O)O. The van der Waals surface area contributed by atoms with Gasteiger partial charge < -0.3 is 30.6 Å². The van der Waals surface area contributed by atoms with Crippen LogP contribution in [0.4, 0.5) is 0 Å². The second-order valence-corrected chi connectivity index (χ2v) is 5.37. The van der Waals surface area contributed by atoms with E-state index >= 15 is 0 Å². The van der Waals surface area contributed by atoms with Crippen LogP contribution < -0.4 is 10.5 Å². The summed E-state index contributed by atoms with van der Waals surface area (Å²) < 4.78 is 5.80. The maximum atomic E-state index is 9.98. The van der Waals surface area contributed by atoms with E-state index in [0.717, 1.165) is 11.3 Å². The highest BCUT2D eigenvalue weighted by molar-refractivity contribution is 6.30. The minimum Gasteiger partial charge on any atom is -0.485 e. The summed E-state index contributed by atoms with van der Waals surface area (Å²) in [6, 6.07) is 7.61. The van der Waals surface area contributed by atoms with Crippen LogP contribution in [0, 0.1) is 0 Å². The number of ether oxygens (including phenoxy) is 1. The maximum absolute atomic E-state index is 9.98. The molecule has 0 radical (unpaired) electrons. The zero-order valence-electron chi connectivity index (χ0n) is 12.4. The molecular formula is C13H24BNO5. The second kappa shape index (κ2) is 7.61. The second-order valence-electron chi connectivity index (χ2n) is 5.37. The van der Waals surface area contributed by atoms with Crippen molar-refractivity contribution in [1.82, 2.24) is 0 Å². The van der Waals surface area contributed by atoms with Crippen LogP contribution in [-0.4, -0.2) is 38.7 Å². The molecule has 0 saturated heterocycles. The van der Waals surface area contributed by atoms with Crippen molar-refractivity contribution < 1.29 is 24.9 Å². The van der Waals surface area contributed by atoms with Crippen molar-refractivity contribution in [3.63, 3.8) is 0 Å². The molecule has 0 saturated carbocycles. The Morgan fingerprint density at radius 3 is 2.05 bits per heavy atom. The van der Waals surface area contributed by atoms with Gasteiger partial charge in [-0.3, -0.25) is 0 Å². The third-order valence-corrected chi connectivity index (χ3v) is 2.98. The van der Waals surface area contributed by atoms with Crippen molar-refractivity contribution in [3.05, 3.63) is 29.8 Å². The maximum Gasteiger partial charge on any atom is 0.631 e. The Labute approximate surface area is 120 Å². The molecule has 114 valence electrons. The molecule has 20 heavy (non-hydrogen) atoms. The van der Waals surface area contributed by atoms with E-state index in [1.165, 1.54) is 0 Å². The highest BCUT2D eigenvalue weighted by atomic mass is 16.5. The molecule has 0 atom stereocenters. The van der Waals surface area contributed by atoms with Crippen molar-refractivity contribution in [2.45, 2.75) is 45.4 Å². The Kier molecular flexibility index (Phi) is 7.19. The first-order valence-corrected chi connectivity index (χ1v) is 6.24. The lowest BCUT2D eigenvalue weighted by Gasteiger charge is -2.37. The Balaban J connectivity index is 0.000000796. The molecule has 0 amide bonds. The number of hydrogen-bond donors (Lipinski definition) is 5. The quantitative estimate of drug-likeness (QED) is 0.498. The first-order valence-electron chi connectivity index (χ1n) is 6.24. The van der Waals surface area contributed by atoms with E-state index in [9.17, 15) is 5.11 Å². The normalized spacial score (nSPS) is 11.4. The van der Waals surface area contributed by atoms with Gasteiger partial charge in [0.05, 0.1) is 5.60 Å². The lowest BCUT2D eigenvalue weighted by Crippen LogP contribution is -2.49. The van der Waals surface area contributed by atoms with Gasteiger partial charge in [-0.25, -0.2) is 0 Å². The van der Waals surface area contributed by atoms with Gasteiger partial charge in [0, 0.05) is 6.54 Å². The molecule has 6 N–H and O–H groups in total. The topological polar surface area (TPSA) is 116 Å². The minimum absolute atomic E-state index is 0.486. The molecule has 1 aromatic rings. The van der Waals surface area contributed by atoms with Crippen LogP contribution in [0.5, 0.6) is 5.75 Å². The Morgan fingerprint density at radius 2 is 1.65 bits per heavy atom. The lowest BCUT2D eigenvalue weighted by atomic mass is 9.89. The van der Waals surface area contributed by atoms with Gasteiger partial charge in [-0.05, 0) is 45.4 Å². The number of aliphatic hydroxyl groups is 1. The molecule has 0 heterocycles. The van der Waals surface area contributed by atoms with Gasteiger partial charge in [-0.2, -0.15) is 0 Å². The predicted molar refractivity (Wildman–Crippen MR) is 77.7 cm³/mol. The number of benzene rings is 1. The van der Waals surface area contributed by atoms with Crippen molar-refractivity contribution in [3.8, 4) is 5.75 Å². The van der Waals surface area contributed by atoms with Crippen LogP contribution in [-0.2, 0) is 6.54 Å². The first-order chi connectivity index (χ1) is 8.99. The summed E-state index contributed by atoms with van der Waals surface area (Å²) in [5.41, 5.74) is 5.02. The van der Waals surface area contributed by atoms with Gasteiger partial charge in [0.1, 0.15) is 11.4 Å². The van der Waals surface area contributed by atoms with E-state index in [4.69, 9.17) is 25.5 Å². The van der Waals surface area contributed by atoms with Crippen LogP contribution in [0.15, 0.2) is 24.3 Å². The molecule has 0 bridgehead atoms. The van der Waals surface area contributed by atoms with Crippen molar-refractivity contribution in [2.75, 3.05) is 0 Å². The van der Waals surface area contributed by atoms with Crippen LogP contribution in [0.25, 0.3) is 0 Å². The third kappa shape index (κ3) is 6.88. The van der Waals surface area contributed by atoms with Gasteiger partial charge >= 0.3 is 7.32 Å². The van der Waals surface area contributed by atoms with Crippen molar-refractivity contribution >= 4 is 7.32 Å². The van der Waals surface area contributed by atoms with Gasteiger partial charge in [0.15, 0.2) is 0 Å². The predicted octanol–water partition coefficient (Wildman–Crippen LogP) is 0.0218. The number of rotatable bonds is 4. The summed E-state index contributed by atoms with van der Waals surface area (Å²) in [7, 11) is -2.17. The van der Waals surface area contributed by atoms with Gasteiger partial charge in [0.2, 0.25) is 0 Å². The van der Waals surface area contributed by atoms with E-state index in [0.29, 0.717) is 6.54 Å². The molecule has 6 nitrogen and oxygen atoms in total. The van der Waals surface area contributed by atoms with Gasteiger partial charge in [0.25, 0.3) is 0 Å². The Bertz CT molecular complexity index is 401. The van der Waals surface area contributed by atoms with E-state index < -0.39 is 18.5 Å². The fourth-order valence-electron chi connectivity index (χ4n) is 1.16. The largest absolute Gasteiger partial charge is 0.631 e. The molecule has 7 heteroatoms. The summed E-state index contributed by atoms with van der Waals surface area (Å²) in [4.78, 5) is 0. The molecule has 0 spiro atoms. The molecule has 1 rings (SSSR count). The molecule has 0 fully saturated rings. The summed E-state index contributed by atoms with van der Waals surface area (Å²) >= 11 is 0. The van der Waals surface area contributed by atoms with Crippen LogP contribution in [0.3, 0.4) is 0 Å². The van der Waals surface area contributed by atoms with Crippen LogP contribution in [0.1, 0.15) is 33.3 Å². The lowest BCUT2D eigenvalue weighted by molar-refractivity contribution is -0.0906. The fourth-order valence-corrected chi connectivity index (χ4v) is 1.16. The Hall–Kier alpha value is -1.12. The summed E-state index contributed by atoms with van der Waals surface area (Å²) in [6.45, 7) is 7.68. The number of nitrogens with two attached hydrogens (primary N) is 1. The standard InChI is InChI=1S/C13H21NO2.BH3O3/c1-12(2,15)13(3,4)16-11-7-5-6-10(8-11)9-14;2-1(3)4/h5-8,15H,9,14H2,1-4H3;2-4H. The highest BCUT2D eigenvalue weighted by Crippen LogP contribution is 2.28. The molecule has 0 aliphatic heterocycles. The molecule has 0 aliphatic rings. The van der Waals surface area contributed by atoms with E-state index in [1.54, 1.807) is 13.8 Å². The summed E-state index contributed by atoms with van der Waals surface area (Å²) in [5, 5.41) is 31.5. The zero-order chi connectivity index (χ0) is 16.0. The van der Waals surface area contributed by atoms with Crippen molar-refractivity contribution in [1.29, 1.82) is 0 Å². The average Bonchev–Trinajstić information content (AvgIpc) is 2.26. The van der Waals surface area contributed by atoms with E-state index in [1.807, 2.05) is 38.1 Å². The average molecular weight is 285 g/mol. The highest BCUT2D eigenvalue weighted by Gasteiger charge is 2.37. The van der Waals surface area contributed by atoms with Crippen LogP contribution >= 0.6 is 0 Å². The monoisotopic (exact) mass is 285 g/mol. The fraction of sp³-hybridized carbons (Fsp3) is 0.538. The molecule has 1 aromatic carbocycles. The van der Waals surface area contributed by atoms with Gasteiger partial charge in [-0.15, -0.1) is 0 Å². The van der Waals surface area contributed by atoms with E-state index in [-0.39, 0.29) is 0 Å². The zero-order valence-corrected chi connectivity index (χ0v) is 12.4. The van der Waals surface area contributed by atoms with Gasteiger partial charge in [-0.1, -0.05) is 12.1 Å². The number of hydrogen-bond acceptors (Lipinski definition) is 6. The van der Waals surface area contributed by atoms with Crippen molar-refractivity contribution in [2.24, 2.45) is 5.73 Å². The summed E-state index contributed by atoms with van der Waals surface area (Å²) in [5.74, 6) is 0.732. The Morgan fingerprint density at radius 1 is 1.15 bits per heavy atom. The van der Waals surface area contributed by atoms with Crippen LogP contribution in [0.2, 0.25) is 0 Å². The van der Waals surface area contributed by atoms with E-state index in [2.05, 4.69) is 0 Å². The minimum atomic E-state index is -2.17. The molecular weight excluding hydrogens is 261 g/mol.